The molecule has 2 N–H and O–H groups in total. The number of aromatic nitrogens is 2. The van der Waals surface area contributed by atoms with E-state index in [1.165, 1.54) is 17.2 Å². The van der Waals surface area contributed by atoms with Gasteiger partial charge in [0.25, 0.3) is 5.91 Å². The molecule has 3 heterocycles. The lowest BCUT2D eigenvalue weighted by Crippen LogP contribution is -2.37. The first-order valence-electron chi connectivity index (χ1n) is 11.6. The minimum atomic E-state index is -1.15. The first-order valence-corrected chi connectivity index (χ1v) is 12.0. The highest BCUT2D eigenvalue weighted by molar-refractivity contribution is 6.31. The third kappa shape index (κ3) is 5.17. The Bertz CT molecular complexity index is 1420. The smallest absolute Gasteiger partial charge is 0.342 e. The predicted octanol–water partition coefficient (Wildman–Crippen LogP) is 4.59. The van der Waals surface area contributed by atoms with Crippen LogP contribution in [0.2, 0.25) is 5.15 Å². The monoisotopic (exact) mass is 533 g/mol. The molecule has 1 amide bonds. The average Bonchev–Trinajstić information content (AvgIpc) is 3.13. The Morgan fingerprint density at radius 2 is 1.97 bits per heavy atom. The number of carbonyl (C=O) groups is 2. The van der Waals surface area contributed by atoms with Crippen molar-refractivity contribution in [2.45, 2.75) is 39.2 Å². The molecule has 0 atom stereocenters. The van der Waals surface area contributed by atoms with Gasteiger partial charge in [0.15, 0.2) is 22.5 Å². The van der Waals surface area contributed by atoms with Gasteiger partial charge in [0.1, 0.15) is 6.61 Å². The van der Waals surface area contributed by atoms with Crippen molar-refractivity contribution >= 4 is 40.1 Å². The lowest BCUT2D eigenvalue weighted by atomic mass is 9.83. The van der Waals surface area contributed by atoms with Crippen LogP contribution >= 0.6 is 11.6 Å². The molecule has 3 aromatic rings. The largest absolute Gasteiger partial charge is 0.488 e. The number of pyridine rings is 1. The lowest BCUT2D eigenvalue weighted by Gasteiger charge is -2.29. The van der Waals surface area contributed by atoms with Gasteiger partial charge in [-0.15, -0.1) is 0 Å². The Labute approximate surface area is 216 Å². The molecule has 1 aliphatic rings. The van der Waals surface area contributed by atoms with Crippen LogP contribution in [0.4, 0.5) is 8.78 Å². The minimum absolute atomic E-state index is 0.0196. The zero-order valence-corrected chi connectivity index (χ0v) is 21.4. The normalized spacial score (nSPS) is 14.8. The molecule has 0 saturated carbocycles. The molecule has 11 heteroatoms. The summed E-state index contributed by atoms with van der Waals surface area (Å²) in [6.45, 7) is 7.00. The van der Waals surface area contributed by atoms with Crippen molar-refractivity contribution in [3.05, 3.63) is 64.1 Å². The van der Waals surface area contributed by atoms with Gasteiger partial charge in [0.2, 0.25) is 0 Å². The summed E-state index contributed by atoms with van der Waals surface area (Å²) in [5, 5.41) is 9.15. The second-order valence-electron chi connectivity index (χ2n) is 9.56. The van der Waals surface area contributed by atoms with Crippen molar-refractivity contribution in [1.29, 1.82) is 0 Å². The van der Waals surface area contributed by atoms with E-state index < -0.39 is 35.0 Å². The molecule has 1 aliphatic heterocycles. The van der Waals surface area contributed by atoms with Gasteiger partial charge in [-0.05, 0) is 32.0 Å². The number of aromatic amines is 1. The van der Waals surface area contributed by atoms with Crippen LogP contribution in [0.25, 0.3) is 16.6 Å². The lowest BCUT2D eigenvalue weighted by molar-refractivity contribution is -0.140. The minimum Gasteiger partial charge on any atom is -0.488 e. The number of H-pyrrole nitrogens is 1. The van der Waals surface area contributed by atoms with Crippen LogP contribution in [-0.2, 0) is 14.9 Å². The predicted molar refractivity (Wildman–Crippen MR) is 133 cm³/mol. The number of hydrogen-bond acceptors (Lipinski definition) is 6. The van der Waals surface area contributed by atoms with Crippen LogP contribution in [0.1, 0.15) is 49.3 Å². The van der Waals surface area contributed by atoms with Crippen LogP contribution in [0.15, 0.2) is 30.5 Å². The van der Waals surface area contributed by atoms with Crippen LogP contribution in [0.5, 0.6) is 5.75 Å². The summed E-state index contributed by atoms with van der Waals surface area (Å²) in [6.07, 6.45) is 0.904. The summed E-state index contributed by atoms with van der Waals surface area (Å²) in [5.41, 5.74) is 1.18. The number of carbonyl (C=O) groups excluding carboxylic acids is 2. The maximum atomic E-state index is 13.9. The van der Waals surface area contributed by atoms with E-state index in [1.807, 2.05) is 13.8 Å². The highest BCUT2D eigenvalue weighted by atomic mass is 35.5. The fraction of sp³-hybridized carbons (Fsp3) is 0.346. The van der Waals surface area contributed by atoms with Crippen molar-refractivity contribution in [3.8, 4) is 5.75 Å². The average molecular weight is 534 g/mol. The molecule has 4 rings (SSSR count). The molecule has 0 unspecified atom stereocenters. The molecule has 0 saturated heterocycles. The maximum Gasteiger partial charge on any atom is 0.342 e. The number of nitrogens with zero attached hydrogens (tertiary/aromatic N) is 2. The number of esters is 1. The number of nitrogens with one attached hydrogen (secondary N) is 1. The van der Waals surface area contributed by atoms with Crippen molar-refractivity contribution in [2.24, 2.45) is 0 Å². The first kappa shape index (κ1) is 26.6. The Balaban J connectivity index is 1.90. The van der Waals surface area contributed by atoms with E-state index in [4.69, 9.17) is 26.2 Å². The highest BCUT2D eigenvalue weighted by Gasteiger charge is 2.38. The number of aliphatic hydroxyl groups excluding tert-OH is 1. The summed E-state index contributed by atoms with van der Waals surface area (Å²) >= 11 is 6.36. The summed E-state index contributed by atoms with van der Waals surface area (Å²) in [5.74, 6) is -3.29. The van der Waals surface area contributed by atoms with Gasteiger partial charge in [0.05, 0.1) is 35.0 Å². The van der Waals surface area contributed by atoms with Crippen LogP contribution < -0.4 is 4.74 Å². The molecular weight excluding hydrogens is 508 g/mol. The number of rotatable bonds is 6. The molecule has 0 spiro atoms. The fourth-order valence-electron chi connectivity index (χ4n) is 4.32. The Morgan fingerprint density at radius 1 is 1.24 bits per heavy atom. The van der Waals surface area contributed by atoms with Gasteiger partial charge in [-0.25, -0.2) is 18.6 Å². The van der Waals surface area contributed by atoms with Crippen molar-refractivity contribution < 1.29 is 33.0 Å². The number of benzene rings is 1. The highest BCUT2D eigenvalue weighted by Crippen LogP contribution is 2.42. The third-order valence-corrected chi connectivity index (χ3v) is 6.10. The van der Waals surface area contributed by atoms with E-state index in [-0.39, 0.29) is 41.8 Å². The fourth-order valence-corrected chi connectivity index (χ4v) is 4.51. The second-order valence-corrected chi connectivity index (χ2v) is 9.92. The van der Waals surface area contributed by atoms with E-state index in [0.29, 0.717) is 22.3 Å². The number of hydrogen-bond donors (Lipinski definition) is 2. The van der Waals surface area contributed by atoms with Crippen molar-refractivity contribution in [1.82, 2.24) is 14.9 Å². The van der Waals surface area contributed by atoms with Crippen LogP contribution in [0.3, 0.4) is 0 Å². The Morgan fingerprint density at radius 3 is 2.62 bits per heavy atom. The van der Waals surface area contributed by atoms with Crippen LogP contribution in [-0.4, -0.2) is 57.7 Å². The summed E-state index contributed by atoms with van der Waals surface area (Å²) in [6, 6.07) is 4.50. The third-order valence-electron chi connectivity index (χ3n) is 5.83. The van der Waals surface area contributed by atoms with E-state index in [2.05, 4.69) is 9.97 Å². The number of fused-ring (bicyclic) bond motifs is 3. The Hall–Kier alpha value is -3.50. The van der Waals surface area contributed by atoms with Gasteiger partial charge in [-0.2, -0.15) is 0 Å². The van der Waals surface area contributed by atoms with Gasteiger partial charge in [0, 0.05) is 35.4 Å². The van der Waals surface area contributed by atoms with E-state index in [9.17, 15) is 18.4 Å². The topological polar surface area (TPSA) is 105 Å². The zero-order chi connectivity index (χ0) is 27.1. The molecule has 0 fully saturated rings. The first-order chi connectivity index (χ1) is 17.4. The summed E-state index contributed by atoms with van der Waals surface area (Å²) < 4.78 is 38.3. The number of aliphatic hydroxyl groups is 1. The molecule has 0 radical (unpaired) electrons. The van der Waals surface area contributed by atoms with Gasteiger partial charge in [-0.3, -0.25) is 4.79 Å². The second kappa shape index (κ2) is 10.1. The van der Waals surface area contributed by atoms with Gasteiger partial charge >= 0.3 is 5.97 Å². The molecule has 196 valence electrons. The van der Waals surface area contributed by atoms with E-state index >= 15 is 0 Å². The number of ether oxygens (including phenoxy) is 2. The number of amides is 1. The SMILES string of the molecule is CC(C)OC(=O)C1=CN(C(=O)c2ccc(F)c(F)c2)CC(C)(C)c2c1[nH]c1cc(OCCO)c(Cl)nc21. The quantitative estimate of drug-likeness (QED) is 0.355. The Kier molecular flexibility index (Phi) is 7.25. The molecule has 1 aromatic carbocycles. The molecule has 0 bridgehead atoms. The van der Waals surface area contributed by atoms with Crippen LogP contribution in [0, 0.1) is 11.6 Å². The molecule has 2 aromatic heterocycles. The molecular formula is C26H26ClF2N3O5. The molecule has 37 heavy (non-hydrogen) atoms. The van der Waals surface area contributed by atoms with Gasteiger partial charge in [-0.1, -0.05) is 25.4 Å². The molecule has 0 aliphatic carbocycles. The van der Waals surface area contributed by atoms with E-state index in [0.717, 1.165) is 12.1 Å². The van der Waals surface area contributed by atoms with Gasteiger partial charge < -0.3 is 24.5 Å². The summed E-state index contributed by atoms with van der Waals surface area (Å²) in [7, 11) is 0. The number of halogens is 3. The summed E-state index contributed by atoms with van der Waals surface area (Å²) in [4.78, 5) is 35.6. The van der Waals surface area contributed by atoms with E-state index in [1.54, 1.807) is 19.9 Å². The maximum absolute atomic E-state index is 13.9. The van der Waals surface area contributed by atoms with Crippen molar-refractivity contribution in [2.75, 3.05) is 19.8 Å². The zero-order valence-electron chi connectivity index (χ0n) is 20.7. The molecule has 8 nitrogen and oxygen atoms in total. The standard InChI is InChI=1S/C26H26ClF2N3O5/c1-13(2)37-25(35)15-11-32(24(34)14-5-6-16(28)17(29)9-14)12-26(3,4)20-21(15)30-18-10-19(36-8-7-33)23(27)31-22(18)20/h5-6,9-11,13,30,33H,7-8,12H2,1-4H3. The van der Waals surface area contributed by atoms with Crippen molar-refractivity contribution in [3.63, 3.8) is 0 Å².